The molecule has 2 aromatic rings. The van der Waals surface area contributed by atoms with Crippen LogP contribution in [0.4, 0.5) is 22.0 Å². The Balaban J connectivity index is 2.91. The molecule has 0 amide bonds. The second-order valence-corrected chi connectivity index (χ2v) is 4.29. The van der Waals surface area contributed by atoms with Crippen LogP contribution < -0.4 is 0 Å². The van der Waals surface area contributed by atoms with E-state index in [0.717, 1.165) is 12.1 Å². The number of halogens is 6. The number of nitrogens with zero attached hydrogens (tertiary/aromatic N) is 1. The highest BCUT2D eigenvalue weighted by Crippen LogP contribution is 2.35. The number of rotatable bonds is 1. The van der Waals surface area contributed by atoms with Gasteiger partial charge in [-0.2, -0.15) is 13.2 Å². The predicted octanol–water partition coefficient (Wildman–Crippen LogP) is 4.75. The van der Waals surface area contributed by atoms with Gasteiger partial charge in [0, 0.05) is 11.5 Å². The van der Waals surface area contributed by atoms with E-state index in [0.29, 0.717) is 0 Å². The molecule has 1 nitrogen and oxygen atoms in total. The van der Waals surface area contributed by atoms with Crippen molar-refractivity contribution in [3.8, 4) is 0 Å². The lowest BCUT2D eigenvalue weighted by molar-refractivity contribution is -0.143. The van der Waals surface area contributed by atoms with Gasteiger partial charge < -0.3 is 0 Å². The van der Waals surface area contributed by atoms with Crippen molar-refractivity contribution >= 4 is 22.5 Å². The minimum Gasteiger partial charge on any atom is -0.240 e. The van der Waals surface area contributed by atoms with Crippen LogP contribution >= 0.6 is 11.6 Å². The summed E-state index contributed by atoms with van der Waals surface area (Å²) in [5, 5.41) is -0.206. The Labute approximate surface area is 110 Å². The van der Waals surface area contributed by atoms with Crippen LogP contribution in [-0.2, 0) is 12.6 Å². The highest BCUT2D eigenvalue weighted by atomic mass is 35.5. The SMILES string of the molecule is CCc1c(F)c(C(F)(F)F)nc2cc(F)c(Cl)cc12. The van der Waals surface area contributed by atoms with Gasteiger partial charge in [-0.15, -0.1) is 0 Å². The molecule has 0 N–H and O–H groups in total. The molecule has 102 valence electrons. The molecule has 0 saturated carbocycles. The molecular weight excluding hydrogens is 289 g/mol. The second kappa shape index (κ2) is 4.59. The monoisotopic (exact) mass is 295 g/mol. The maximum Gasteiger partial charge on any atom is 0.436 e. The summed E-state index contributed by atoms with van der Waals surface area (Å²) in [6.07, 6.45) is -4.92. The Bertz CT molecular complexity index is 651. The van der Waals surface area contributed by atoms with Gasteiger partial charge in [-0.05, 0) is 18.1 Å². The minimum atomic E-state index is -4.93. The summed E-state index contributed by atoms with van der Waals surface area (Å²) in [6, 6.07) is 1.85. The first-order valence-corrected chi connectivity index (χ1v) is 5.67. The fourth-order valence-corrected chi connectivity index (χ4v) is 2.00. The van der Waals surface area contributed by atoms with Crippen molar-refractivity contribution in [1.29, 1.82) is 0 Å². The van der Waals surface area contributed by atoms with E-state index in [1.165, 1.54) is 6.92 Å². The van der Waals surface area contributed by atoms with E-state index in [2.05, 4.69) is 4.98 Å². The topological polar surface area (TPSA) is 12.9 Å². The summed E-state index contributed by atoms with van der Waals surface area (Å²) in [5.74, 6) is -2.34. The van der Waals surface area contributed by atoms with Crippen molar-refractivity contribution < 1.29 is 22.0 Å². The Kier molecular flexibility index (Phi) is 3.38. The number of hydrogen-bond acceptors (Lipinski definition) is 1. The molecule has 0 unspecified atom stereocenters. The quantitative estimate of drug-likeness (QED) is 0.692. The first-order chi connectivity index (χ1) is 8.75. The van der Waals surface area contributed by atoms with Crippen molar-refractivity contribution in [3.05, 3.63) is 40.0 Å². The number of alkyl halides is 3. The lowest BCUT2D eigenvalue weighted by Crippen LogP contribution is -2.13. The lowest BCUT2D eigenvalue weighted by atomic mass is 10.0. The first kappa shape index (κ1) is 14.0. The fraction of sp³-hybridized carbons (Fsp3) is 0.250. The molecule has 19 heavy (non-hydrogen) atoms. The van der Waals surface area contributed by atoms with Gasteiger partial charge >= 0.3 is 6.18 Å². The Hall–Kier alpha value is -1.43. The number of benzene rings is 1. The number of aryl methyl sites for hydroxylation is 1. The molecule has 0 saturated heterocycles. The van der Waals surface area contributed by atoms with Gasteiger partial charge in [0.1, 0.15) is 5.82 Å². The van der Waals surface area contributed by atoms with Gasteiger partial charge in [-0.3, -0.25) is 0 Å². The van der Waals surface area contributed by atoms with Crippen molar-refractivity contribution in [2.24, 2.45) is 0 Å². The fourth-order valence-electron chi connectivity index (χ4n) is 1.83. The van der Waals surface area contributed by atoms with Crippen LogP contribution in [0.1, 0.15) is 18.2 Å². The molecule has 0 atom stereocenters. The standard InChI is InChI=1S/C12H7ClF5N/c1-2-5-6-3-7(13)8(14)4-9(6)19-11(10(5)15)12(16,17)18/h3-4H,2H2,1H3. The summed E-state index contributed by atoms with van der Waals surface area (Å²) >= 11 is 5.55. The average molecular weight is 296 g/mol. The van der Waals surface area contributed by atoms with Gasteiger partial charge in [0.2, 0.25) is 0 Å². The van der Waals surface area contributed by atoms with E-state index in [1.54, 1.807) is 0 Å². The van der Waals surface area contributed by atoms with Crippen LogP contribution in [-0.4, -0.2) is 4.98 Å². The minimum absolute atomic E-state index is 0.00982. The van der Waals surface area contributed by atoms with Crippen LogP contribution in [0, 0.1) is 11.6 Å². The van der Waals surface area contributed by atoms with E-state index in [9.17, 15) is 22.0 Å². The third kappa shape index (κ3) is 2.36. The first-order valence-electron chi connectivity index (χ1n) is 5.30. The molecular formula is C12H7ClF5N. The van der Waals surface area contributed by atoms with Crippen LogP contribution in [0.3, 0.4) is 0 Å². The summed E-state index contributed by atoms with van der Waals surface area (Å²) in [4.78, 5) is 3.16. The molecule has 0 bridgehead atoms. The maximum absolute atomic E-state index is 13.8. The zero-order chi connectivity index (χ0) is 14.4. The molecule has 0 aliphatic heterocycles. The van der Waals surface area contributed by atoms with Crippen LogP contribution in [0.5, 0.6) is 0 Å². The number of aromatic nitrogens is 1. The average Bonchev–Trinajstić information content (AvgIpc) is 2.29. The molecule has 1 aromatic carbocycles. The zero-order valence-corrected chi connectivity index (χ0v) is 10.3. The summed E-state index contributed by atoms with van der Waals surface area (Å²) in [5.41, 5.74) is -2.09. The largest absolute Gasteiger partial charge is 0.436 e. The summed E-state index contributed by atoms with van der Waals surface area (Å²) < 4.78 is 65.0. The predicted molar refractivity (Wildman–Crippen MR) is 61.0 cm³/mol. The smallest absolute Gasteiger partial charge is 0.240 e. The molecule has 0 aliphatic rings. The Morgan fingerprint density at radius 1 is 1.21 bits per heavy atom. The Morgan fingerprint density at radius 3 is 2.37 bits per heavy atom. The second-order valence-electron chi connectivity index (χ2n) is 3.89. The van der Waals surface area contributed by atoms with E-state index in [1.807, 2.05) is 0 Å². The van der Waals surface area contributed by atoms with Crippen molar-refractivity contribution in [2.45, 2.75) is 19.5 Å². The molecule has 0 fully saturated rings. The highest BCUT2D eigenvalue weighted by Gasteiger charge is 2.37. The van der Waals surface area contributed by atoms with E-state index >= 15 is 0 Å². The van der Waals surface area contributed by atoms with E-state index in [4.69, 9.17) is 11.6 Å². The zero-order valence-electron chi connectivity index (χ0n) is 9.58. The molecule has 0 aliphatic carbocycles. The van der Waals surface area contributed by atoms with Gasteiger partial charge in [-0.1, -0.05) is 18.5 Å². The molecule has 2 rings (SSSR count). The van der Waals surface area contributed by atoms with Crippen LogP contribution in [0.15, 0.2) is 12.1 Å². The van der Waals surface area contributed by atoms with Crippen molar-refractivity contribution in [2.75, 3.05) is 0 Å². The van der Waals surface area contributed by atoms with Gasteiger partial charge in [0.25, 0.3) is 0 Å². The molecule has 0 radical (unpaired) electrons. The number of hydrogen-bond donors (Lipinski definition) is 0. The maximum atomic E-state index is 13.8. The number of fused-ring (bicyclic) bond motifs is 1. The van der Waals surface area contributed by atoms with Crippen molar-refractivity contribution in [1.82, 2.24) is 4.98 Å². The molecule has 7 heteroatoms. The van der Waals surface area contributed by atoms with Crippen LogP contribution in [0.2, 0.25) is 5.02 Å². The summed E-state index contributed by atoms with van der Waals surface area (Å²) in [7, 11) is 0. The Morgan fingerprint density at radius 2 is 1.84 bits per heavy atom. The molecule has 1 heterocycles. The van der Waals surface area contributed by atoms with Crippen molar-refractivity contribution in [3.63, 3.8) is 0 Å². The third-order valence-corrected chi connectivity index (χ3v) is 2.98. The van der Waals surface area contributed by atoms with Crippen LogP contribution in [0.25, 0.3) is 10.9 Å². The normalized spacial score (nSPS) is 12.2. The van der Waals surface area contributed by atoms with Gasteiger partial charge in [-0.25, -0.2) is 13.8 Å². The summed E-state index contributed by atoms with van der Waals surface area (Å²) in [6.45, 7) is 1.50. The van der Waals surface area contributed by atoms with E-state index in [-0.39, 0.29) is 27.9 Å². The third-order valence-electron chi connectivity index (χ3n) is 2.69. The lowest BCUT2D eigenvalue weighted by Gasteiger charge is -2.13. The molecule has 1 aromatic heterocycles. The van der Waals surface area contributed by atoms with Gasteiger partial charge in [0.15, 0.2) is 11.5 Å². The van der Waals surface area contributed by atoms with E-state index < -0.39 is 23.5 Å². The highest BCUT2D eigenvalue weighted by molar-refractivity contribution is 6.31. The van der Waals surface area contributed by atoms with Gasteiger partial charge in [0.05, 0.1) is 10.5 Å². The molecule has 0 spiro atoms. The number of pyridine rings is 1.